The zero-order valence-corrected chi connectivity index (χ0v) is 9.58. The van der Waals surface area contributed by atoms with Gasteiger partial charge in [0.25, 0.3) is 5.78 Å². The van der Waals surface area contributed by atoms with Gasteiger partial charge in [-0.05, 0) is 41.1 Å². The maximum atomic E-state index is 11.2. The number of carboxylic acid groups (broad SMARTS) is 1. The van der Waals surface area contributed by atoms with E-state index in [2.05, 4.69) is 15.9 Å². The standard InChI is InChI=1S/C10H9BrO4/c1-2-15-6-3-4-7(8(11)5-6)9(12)10(13)14/h3-5H,2H2,1H3,(H,13,14). The molecule has 0 amide bonds. The van der Waals surface area contributed by atoms with Crippen molar-refractivity contribution in [3.63, 3.8) is 0 Å². The summed E-state index contributed by atoms with van der Waals surface area (Å²) in [6, 6.07) is 4.55. The van der Waals surface area contributed by atoms with E-state index in [4.69, 9.17) is 9.84 Å². The average Bonchev–Trinajstić information content (AvgIpc) is 2.17. The normalized spacial score (nSPS) is 9.73. The minimum Gasteiger partial charge on any atom is -0.494 e. The lowest BCUT2D eigenvalue weighted by atomic mass is 10.1. The maximum absolute atomic E-state index is 11.2. The summed E-state index contributed by atoms with van der Waals surface area (Å²) >= 11 is 3.12. The van der Waals surface area contributed by atoms with E-state index in [0.717, 1.165) is 0 Å². The Labute approximate surface area is 95.0 Å². The molecule has 0 aliphatic carbocycles. The van der Waals surface area contributed by atoms with Gasteiger partial charge in [-0.15, -0.1) is 0 Å². The van der Waals surface area contributed by atoms with Crippen LogP contribution in [0.2, 0.25) is 0 Å². The largest absolute Gasteiger partial charge is 0.494 e. The number of Topliss-reactive ketones (excluding diaryl/α,β-unsaturated/α-hetero) is 1. The third-order valence-corrected chi connectivity index (χ3v) is 2.35. The molecule has 1 aromatic carbocycles. The fourth-order valence-electron chi connectivity index (χ4n) is 1.05. The number of ether oxygens (including phenoxy) is 1. The molecule has 0 saturated heterocycles. The highest BCUT2D eigenvalue weighted by molar-refractivity contribution is 9.10. The predicted octanol–water partition coefficient (Wildman–Crippen LogP) is 2.12. The second-order valence-corrected chi connectivity index (χ2v) is 3.56. The molecule has 5 heteroatoms. The van der Waals surface area contributed by atoms with Crippen molar-refractivity contribution in [2.75, 3.05) is 6.61 Å². The molecule has 1 rings (SSSR count). The number of carboxylic acids is 1. The van der Waals surface area contributed by atoms with E-state index in [1.165, 1.54) is 6.07 Å². The van der Waals surface area contributed by atoms with E-state index in [9.17, 15) is 9.59 Å². The fraction of sp³-hybridized carbons (Fsp3) is 0.200. The first kappa shape index (κ1) is 11.7. The smallest absolute Gasteiger partial charge is 0.377 e. The first-order valence-electron chi connectivity index (χ1n) is 4.26. The molecule has 0 heterocycles. The maximum Gasteiger partial charge on any atom is 0.377 e. The van der Waals surface area contributed by atoms with Crippen molar-refractivity contribution in [3.8, 4) is 5.75 Å². The molecule has 0 fully saturated rings. The van der Waals surface area contributed by atoms with E-state index in [1.807, 2.05) is 6.92 Å². The van der Waals surface area contributed by atoms with Gasteiger partial charge in [-0.25, -0.2) is 4.79 Å². The number of hydrogen-bond donors (Lipinski definition) is 1. The first-order valence-corrected chi connectivity index (χ1v) is 5.05. The van der Waals surface area contributed by atoms with Crippen molar-refractivity contribution in [2.24, 2.45) is 0 Å². The third-order valence-electron chi connectivity index (χ3n) is 1.69. The zero-order valence-electron chi connectivity index (χ0n) is 7.99. The summed E-state index contributed by atoms with van der Waals surface area (Å²) in [5.74, 6) is -1.82. The molecule has 0 bridgehead atoms. The van der Waals surface area contributed by atoms with Gasteiger partial charge in [0.15, 0.2) is 0 Å². The van der Waals surface area contributed by atoms with E-state index in [-0.39, 0.29) is 5.56 Å². The highest BCUT2D eigenvalue weighted by Gasteiger charge is 2.17. The van der Waals surface area contributed by atoms with Crippen LogP contribution in [-0.2, 0) is 4.79 Å². The molecule has 0 spiro atoms. The van der Waals surface area contributed by atoms with Gasteiger partial charge in [-0.1, -0.05) is 0 Å². The molecule has 0 saturated carbocycles. The van der Waals surface area contributed by atoms with E-state index in [0.29, 0.717) is 16.8 Å². The van der Waals surface area contributed by atoms with Gasteiger partial charge in [-0.3, -0.25) is 4.79 Å². The summed E-state index contributed by atoms with van der Waals surface area (Å²) in [5, 5.41) is 8.53. The number of hydrogen-bond acceptors (Lipinski definition) is 3. The van der Waals surface area contributed by atoms with Gasteiger partial charge in [0, 0.05) is 10.0 Å². The van der Waals surface area contributed by atoms with Crippen molar-refractivity contribution < 1.29 is 19.4 Å². The van der Waals surface area contributed by atoms with Crippen molar-refractivity contribution in [1.29, 1.82) is 0 Å². The average molecular weight is 273 g/mol. The SMILES string of the molecule is CCOc1ccc(C(=O)C(=O)O)c(Br)c1. The monoisotopic (exact) mass is 272 g/mol. The minimum absolute atomic E-state index is 0.117. The molecular weight excluding hydrogens is 264 g/mol. The second kappa shape index (κ2) is 4.93. The molecule has 80 valence electrons. The number of carbonyl (C=O) groups is 2. The van der Waals surface area contributed by atoms with Crippen molar-refractivity contribution in [3.05, 3.63) is 28.2 Å². The molecule has 0 aliphatic rings. The van der Waals surface area contributed by atoms with Crippen molar-refractivity contribution >= 4 is 27.7 Å². The summed E-state index contributed by atoms with van der Waals surface area (Å²) < 4.78 is 5.61. The number of carbonyl (C=O) groups excluding carboxylic acids is 1. The molecule has 0 aromatic heterocycles. The summed E-state index contributed by atoms with van der Waals surface area (Å²) in [7, 11) is 0. The van der Waals surface area contributed by atoms with Crippen LogP contribution >= 0.6 is 15.9 Å². The molecule has 4 nitrogen and oxygen atoms in total. The Balaban J connectivity index is 3.03. The van der Waals surface area contributed by atoms with Gasteiger partial charge >= 0.3 is 5.97 Å². The molecule has 0 unspecified atom stereocenters. The Morgan fingerprint density at radius 1 is 1.47 bits per heavy atom. The predicted molar refractivity (Wildman–Crippen MR) is 57.3 cm³/mol. The van der Waals surface area contributed by atoms with Crippen LogP contribution in [-0.4, -0.2) is 23.5 Å². The van der Waals surface area contributed by atoms with Crippen molar-refractivity contribution in [2.45, 2.75) is 6.92 Å². The molecule has 1 aromatic rings. The number of ketones is 1. The van der Waals surface area contributed by atoms with Crippen LogP contribution in [0.1, 0.15) is 17.3 Å². The summed E-state index contributed by atoms with van der Waals surface area (Å²) in [5.41, 5.74) is 0.117. The van der Waals surface area contributed by atoms with Gasteiger partial charge in [0.1, 0.15) is 5.75 Å². The number of benzene rings is 1. The lowest BCUT2D eigenvalue weighted by molar-refractivity contribution is -0.131. The van der Waals surface area contributed by atoms with E-state index in [1.54, 1.807) is 12.1 Å². The summed E-state index contributed by atoms with van der Waals surface area (Å²) in [6.45, 7) is 2.35. The summed E-state index contributed by atoms with van der Waals surface area (Å²) in [4.78, 5) is 21.6. The van der Waals surface area contributed by atoms with Crippen LogP contribution in [0.4, 0.5) is 0 Å². The van der Waals surface area contributed by atoms with Crippen LogP contribution in [0, 0.1) is 0 Å². The Morgan fingerprint density at radius 3 is 2.60 bits per heavy atom. The minimum atomic E-state index is -1.47. The molecule has 1 N–H and O–H groups in total. The van der Waals surface area contributed by atoms with Gasteiger partial charge in [-0.2, -0.15) is 0 Å². The quantitative estimate of drug-likeness (QED) is 0.674. The zero-order chi connectivity index (χ0) is 11.4. The van der Waals surface area contributed by atoms with Gasteiger partial charge in [0.05, 0.1) is 6.61 Å². The lowest BCUT2D eigenvalue weighted by Crippen LogP contribution is -2.13. The van der Waals surface area contributed by atoms with E-state index < -0.39 is 11.8 Å². The fourth-order valence-corrected chi connectivity index (χ4v) is 1.59. The molecule has 15 heavy (non-hydrogen) atoms. The third kappa shape index (κ3) is 2.79. The number of rotatable bonds is 4. The van der Waals surface area contributed by atoms with Gasteiger partial charge in [0.2, 0.25) is 0 Å². The van der Waals surface area contributed by atoms with Gasteiger partial charge < -0.3 is 9.84 Å². The number of aliphatic carboxylic acids is 1. The molecule has 0 aliphatic heterocycles. The first-order chi connectivity index (χ1) is 7.06. The van der Waals surface area contributed by atoms with Crippen LogP contribution in [0.5, 0.6) is 5.75 Å². The van der Waals surface area contributed by atoms with Crippen LogP contribution < -0.4 is 4.74 Å². The highest BCUT2D eigenvalue weighted by atomic mass is 79.9. The Kier molecular flexibility index (Phi) is 3.85. The second-order valence-electron chi connectivity index (χ2n) is 2.71. The van der Waals surface area contributed by atoms with Crippen LogP contribution in [0.15, 0.2) is 22.7 Å². The Hall–Kier alpha value is -1.36. The van der Waals surface area contributed by atoms with Crippen LogP contribution in [0.3, 0.4) is 0 Å². The lowest BCUT2D eigenvalue weighted by Gasteiger charge is -2.05. The highest BCUT2D eigenvalue weighted by Crippen LogP contribution is 2.23. The Morgan fingerprint density at radius 2 is 2.13 bits per heavy atom. The molecular formula is C10H9BrO4. The van der Waals surface area contributed by atoms with Crippen LogP contribution in [0.25, 0.3) is 0 Å². The Bertz CT molecular complexity index is 400. The molecule has 0 radical (unpaired) electrons. The van der Waals surface area contributed by atoms with E-state index >= 15 is 0 Å². The topological polar surface area (TPSA) is 63.6 Å². The van der Waals surface area contributed by atoms with Crippen molar-refractivity contribution in [1.82, 2.24) is 0 Å². The number of halogens is 1. The molecule has 0 atom stereocenters. The summed E-state index contributed by atoms with van der Waals surface area (Å²) in [6.07, 6.45) is 0.